The largest absolute Gasteiger partial charge is 0.481 e. The van der Waals surface area contributed by atoms with Crippen molar-refractivity contribution in [1.29, 1.82) is 0 Å². The van der Waals surface area contributed by atoms with Crippen LogP contribution in [0.1, 0.15) is 13.3 Å². The molecule has 1 aliphatic heterocycles. The lowest BCUT2D eigenvalue weighted by Gasteiger charge is -2.16. The number of sulfonamides is 1. The number of rotatable bonds is 3. The van der Waals surface area contributed by atoms with Crippen LogP contribution in [0.5, 0.6) is 0 Å². The molecule has 0 aromatic heterocycles. The number of carboxylic acid groups (broad SMARTS) is 1. The minimum atomic E-state index is -3.54. The van der Waals surface area contributed by atoms with Gasteiger partial charge < -0.3 is 5.11 Å². The maximum Gasteiger partial charge on any atom is 0.308 e. The Hall–Kier alpha value is -1.11. The van der Waals surface area contributed by atoms with Crippen LogP contribution in [0.4, 0.5) is 0 Å². The van der Waals surface area contributed by atoms with Gasteiger partial charge in [0.25, 0.3) is 0 Å². The van der Waals surface area contributed by atoms with Crippen molar-refractivity contribution in [2.45, 2.75) is 13.3 Å². The monoisotopic (exact) mass is 221 g/mol. The lowest BCUT2D eigenvalue weighted by Crippen LogP contribution is -2.35. The Kier molecular flexibility index (Phi) is 2.79. The highest BCUT2D eigenvalue weighted by molar-refractivity contribution is 7.90. The molecule has 1 amide bonds. The first-order valence-corrected chi connectivity index (χ1v) is 5.71. The zero-order chi connectivity index (χ0) is 10.9. The van der Waals surface area contributed by atoms with E-state index in [0.29, 0.717) is 4.31 Å². The summed E-state index contributed by atoms with van der Waals surface area (Å²) in [5.74, 6) is -2.71. The van der Waals surface area contributed by atoms with Crippen LogP contribution in [-0.2, 0) is 19.6 Å². The molecule has 6 nitrogen and oxygen atoms in total. The molecule has 0 spiro atoms. The molecule has 1 saturated heterocycles. The first-order valence-electron chi connectivity index (χ1n) is 4.10. The first-order chi connectivity index (χ1) is 6.34. The van der Waals surface area contributed by atoms with E-state index in [0.717, 1.165) is 0 Å². The van der Waals surface area contributed by atoms with Gasteiger partial charge in [0, 0.05) is 13.0 Å². The molecule has 1 unspecified atom stereocenters. The molecule has 1 heterocycles. The third-order valence-corrected chi connectivity index (χ3v) is 3.79. The molecule has 0 aliphatic carbocycles. The molecule has 1 aliphatic rings. The van der Waals surface area contributed by atoms with Crippen molar-refractivity contribution in [2.24, 2.45) is 5.92 Å². The molecule has 80 valence electrons. The van der Waals surface area contributed by atoms with Gasteiger partial charge >= 0.3 is 5.97 Å². The third-order valence-electron chi connectivity index (χ3n) is 2.05. The molecule has 0 saturated carbocycles. The van der Waals surface area contributed by atoms with E-state index in [1.165, 1.54) is 6.92 Å². The average Bonchev–Trinajstić information content (AvgIpc) is 2.31. The van der Waals surface area contributed by atoms with E-state index < -0.39 is 27.8 Å². The van der Waals surface area contributed by atoms with Gasteiger partial charge in [0.15, 0.2) is 0 Å². The minimum Gasteiger partial charge on any atom is -0.481 e. The van der Waals surface area contributed by atoms with Crippen molar-refractivity contribution in [3.8, 4) is 0 Å². The number of aliphatic carboxylic acids is 1. The minimum absolute atomic E-state index is 0.0470. The summed E-state index contributed by atoms with van der Waals surface area (Å²) in [4.78, 5) is 21.6. The van der Waals surface area contributed by atoms with E-state index in [1.807, 2.05) is 0 Å². The van der Waals surface area contributed by atoms with Gasteiger partial charge in [-0.05, 0) is 0 Å². The maximum absolute atomic E-state index is 11.2. The third kappa shape index (κ3) is 2.03. The molecule has 0 aromatic rings. The standard InChI is InChI=1S/C7H11NO5S/c1-5(7(10)11)4-8-6(9)2-3-14(8,12)13/h5H,2-4H2,1H3,(H,10,11). The van der Waals surface area contributed by atoms with Crippen molar-refractivity contribution in [1.82, 2.24) is 4.31 Å². The normalized spacial score (nSPS) is 22.4. The maximum atomic E-state index is 11.2. The molecule has 0 aromatic carbocycles. The Morgan fingerprint density at radius 1 is 1.64 bits per heavy atom. The molecule has 1 rings (SSSR count). The molecular formula is C7H11NO5S. The fourth-order valence-electron chi connectivity index (χ4n) is 1.15. The van der Waals surface area contributed by atoms with E-state index >= 15 is 0 Å². The fraction of sp³-hybridized carbons (Fsp3) is 0.714. The highest BCUT2D eigenvalue weighted by Gasteiger charge is 2.36. The number of nitrogens with zero attached hydrogens (tertiary/aromatic N) is 1. The summed E-state index contributed by atoms with van der Waals surface area (Å²) in [5, 5.41) is 8.57. The second-order valence-electron chi connectivity index (χ2n) is 3.23. The van der Waals surface area contributed by atoms with E-state index in [1.54, 1.807) is 0 Å². The molecule has 1 atom stereocenters. The second kappa shape index (κ2) is 3.56. The number of amides is 1. The molecule has 7 heteroatoms. The highest BCUT2D eigenvalue weighted by atomic mass is 32.2. The molecular weight excluding hydrogens is 210 g/mol. The van der Waals surface area contributed by atoms with Crippen LogP contribution >= 0.6 is 0 Å². The lowest BCUT2D eigenvalue weighted by atomic mass is 10.2. The summed E-state index contributed by atoms with van der Waals surface area (Å²) in [6, 6.07) is 0. The summed E-state index contributed by atoms with van der Waals surface area (Å²) in [5.41, 5.74) is 0. The topological polar surface area (TPSA) is 91.8 Å². The predicted octanol–water partition coefficient (Wildman–Crippen LogP) is -0.731. The molecule has 0 radical (unpaired) electrons. The van der Waals surface area contributed by atoms with Crippen LogP contribution in [-0.4, -0.2) is 42.0 Å². The second-order valence-corrected chi connectivity index (χ2v) is 5.24. The summed E-state index contributed by atoms with van der Waals surface area (Å²) in [6.07, 6.45) is -0.0470. The Morgan fingerprint density at radius 2 is 2.21 bits per heavy atom. The van der Waals surface area contributed by atoms with Crippen LogP contribution in [0.15, 0.2) is 0 Å². The highest BCUT2D eigenvalue weighted by Crippen LogP contribution is 2.16. The van der Waals surface area contributed by atoms with Crippen LogP contribution in [0.25, 0.3) is 0 Å². The zero-order valence-corrected chi connectivity index (χ0v) is 8.45. The fourth-order valence-corrected chi connectivity index (χ4v) is 2.65. The summed E-state index contributed by atoms with van der Waals surface area (Å²) >= 11 is 0. The predicted molar refractivity (Wildman–Crippen MR) is 46.9 cm³/mol. The van der Waals surface area contributed by atoms with E-state index in [9.17, 15) is 18.0 Å². The summed E-state index contributed by atoms with van der Waals surface area (Å²) in [6.45, 7) is 1.10. The van der Waals surface area contributed by atoms with Gasteiger partial charge in [0.1, 0.15) is 0 Å². The zero-order valence-electron chi connectivity index (χ0n) is 7.63. The Balaban J connectivity index is 2.77. The van der Waals surface area contributed by atoms with Crippen molar-refractivity contribution in [3.05, 3.63) is 0 Å². The SMILES string of the molecule is CC(CN1C(=O)CCS1(=O)=O)C(=O)O. The van der Waals surface area contributed by atoms with E-state index in [-0.39, 0.29) is 18.7 Å². The number of carbonyl (C=O) groups excluding carboxylic acids is 1. The van der Waals surface area contributed by atoms with Crippen molar-refractivity contribution >= 4 is 21.9 Å². The number of carbonyl (C=O) groups is 2. The van der Waals surface area contributed by atoms with Gasteiger partial charge in [-0.15, -0.1) is 0 Å². The molecule has 1 N–H and O–H groups in total. The Labute approximate surface area is 81.6 Å². The summed E-state index contributed by atoms with van der Waals surface area (Å²) < 4.78 is 23.1. The Bertz CT molecular complexity index is 360. The van der Waals surface area contributed by atoms with Gasteiger partial charge in [0.2, 0.25) is 15.9 Å². The number of carboxylic acids is 1. The molecule has 0 bridgehead atoms. The van der Waals surface area contributed by atoms with E-state index in [2.05, 4.69) is 0 Å². The lowest BCUT2D eigenvalue weighted by molar-refractivity contribution is -0.141. The van der Waals surface area contributed by atoms with Crippen LogP contribution in [0.3, 0.4) is 0 Å². The number of hydrogen-bond donors (Lipinski definition) is 1. The van der Waals surface area contributed by atoms with Crippen molar-refractivity contribution < 1.29 is 23.1 Å². The van der Waals surface area contributed by atoms with Crippen LogP contribution in [0, 0.1) is 5.92 Å². The smallest absolute Gasteiger partial charge is 0.308 e. The van der Waals surface area contributed by atoms with Crippen LogP contribution < -0.4 is 0 Å². The number of hydrogen-bond acceptors (Lipinski definition) is 4. The molecule has 14 heavy (non-hydrogen) atoms. The van der Waals surface area contributed by atoms with Gasteiger partial charge in [-0.2, -0.15) is 0 Å². The van der Waals surface area contributed by atoms with Gasteiger partial charge in [-0.25, -0.2) is 12.7 Å². The first kappa shape index (κ1) is 11.0. The summed E-state index contributed by atoms with van der Waals surface area (Å²) in [7, 11) is -3.54. The van der Waals surface area contributed by atoms with Crippen LogP contribution in [0.2, 0.25) is 0 Å². The Morgan fingerprint density at radius 3 is 2.57 bits per heavy atom. The average molecular weight is 221 g/mol. The quantitative estimate of drug-likeness (QED) is 0.678. The molecule has 1 fully saturated rings. The van der Waals surface area contributed by atoms with E-state index in [4.69, 9.17) is 5.11 Å². The van der Waals surface area contributed by atoms with Crippen molar-refractivity contribution in [2.75, 3.05) is 12.3 Å². The van der Waals surface area contributed by atoms with Crippen molar-refractivity contribution in [3.63, 3.8) is 0 Å². The van der Waals surface area contributed by atoms with Gasteiger partial charge in [-0.3, -0.25) is 9.59 Å². The van der Waals surface area contributed by atoms with Gasteiger partial charge in [-0.1, -0.05) is 6.92 Å². The van der Waals surface area contributed by atoms with Gasteiger partial charge in [0.05, 0.1) is 11.7 Å².